The Balaban J connectivity index is 2.44. The van der Waals surface area contributed by atoms with E-state index in [0.29, 0.717) is 12.6 Å². The molecular weight excluding hydrogens is 206 g/mol. The van der Waals surface area contributed by atoms with E-state index in [1.165, 1.54) is 5.56 Å². The van der Waals surface area contributed by atoms with Crippen LogP contribution in [0.15, 0.2) is 16.8 Å². The van der Waals surface area contributed by atoms with Gasteiger partial charge in [-0.3, -0.25) is 0 Å². The lowest BCUT2D eigenvalue weighted by Crippen LogP contribution is -2.42. The van der Waals surface area contributed by atoms with Crippen molar-refractivity contribution < 1.29 is 5.11 Å². The molecule has 0 radical (unpaired) electrons. The molecule has 0 saturated heterocycles. The summed E-state index contributed by atoms with van der Waals surface area (Å²) >= 11 is 1.71. The van der Waals surface area contributed by atoms with Gasteiger partial charge in [0, 0.05) is 12.6 Å². The van der Waals surface area contributed by atoms with E-state index in [4.69, 9.17) is 0 Å². The summed E-state index contributed by atoms with van der Waals surface area (Å²) in [6.07, 6.45) is 0. The summed E-state index contributed by atoms with van der Waals surface area (Å²) in [5, 5.41) is 17.7. The summed E-state index contributed by atoms with van der Waals surface area (Å²) in [6, 6.07) is 2.42. The zero-order valence-corrected chi connectivity index (χ0v) is 10.8. The highest BCUT2D eigenvalue weighted by Gasteiger charge is 2.25. The van der Waals surface area contributed by atoms with Gasteiger partial charge in [0.2, 0.25) is 0 Å². The lowest BCUT2D eigenvalue weighted by atomic mass is 9.92. The first-order valence-electron chi connectivity index (χ1n) is 5.41. The highest BCUT2D eigenvalue weighted by Crippen LogP contribution is 2.19. The van der Waals surface area contributed by atoms with Crippen LogP contribution in [-0.2, 0) is 0 Å². The third-order valence-corrected chi connectivity index (χ3v) is 3.75. The first kappa shape index (κ1) is 12.7. The molecule has 2 atom stereocenters. The van der Waals surface area contributed by atoms with E-state index in [1.807, 2.05) is 20.8 Å². The van der Waals surface area contributed by atoms with Crippen molar-refractivity contribution in [3.05, 3.63) is 22.4 Å². The highest BCUT2D eigenvalue weighted by atomic mass is 32.1. The molecule has 1 aromatic rings. The van der Waals surface area contributed by atoms with Gasteiger partial charge in [0.1, 0.15) is 0 Å². The molecule has 2 nitrogen and oxygen atoms in total. The first-order valence-corrected chi connectivity index (χ1v) is 6.35. The molecule has 0 aliphatic carbocycles. The zero-order chi connectivity index (χ0) is 11.5. The van der Waals surface area contributed by atoms with Gasteiger partial charge in [-0.25, -0.2) is 0 Å². The lowest BCUT2D eigenvalue weighted by molar-refractivity contribution is 0.0122. The number of thiophene rings is 1. The summed E-state index contributed by atoms with van der Waals surface area (Å²) in [4.78, 5) is 0. The average molecular weight is 227 g/mol. The Labute approximate surface area is 96.3 Å². The standard InChI is InChI=1S/C12H21NOS/c1-9(2)12(4,14)8-13-10(3)11-5-6-15-7-11/h5-7,9-10,13-14H,8H2,1-4H3. The van der Waals surface area contributed by atoms with Crippen LogP contribution >= 0.6 is 11.3 Å². The molecule has 0 spiro atoms. The molecule has 0 fully saturated rings. The minimum atomic E-state index is -0.635. The van der Waals surface area contributed by atoms with Gasteiger partial charge >= 0.3 is 0 Å². The van der Waals surface area contributed by atoms with Gasteiger partial charge in [-0.2, -0.15) is 11.3 Å². The van der Waals surface area contributed by atoms with E-state index < -0.39 is 5.60 Å². The van der Waals surface area contributed by atoms with Gasteiger partial charge in [-0.1, -0.05) is 13.8 Å². The van der Waals surface area contributed by atoms with Gasteiger partial charge in [0.25, 0.3) is 0 Å². The van der Waals surface area contributed by atoms with Gasteiger partial charge in [0.15, 0.2) is 0 Å². The number of nitrogens with one attached hydrogen (secondary N) is 1. The van der Waals surface area contributed by atoms with Crippen molar-refractivity contribution in [2.24, 2.45) is 5.92 Å². The normalized spacial score (nSPS) is 17.7. The maximum absolute atomic E-state index is 10.1. The van der Waals surface area contributed by atoms with Crippen molar-refractivity contribution in [3.8, 4) is 0 Å². The molecule has 1 heterocycles. The largest absolute Gasteiger partial charge is 0.389 e. The minimum absolute atomic E-state index is 0.264. The first-order chi connectivity index (χ1) is 6.93. The fraction of sp³-hybridized carbons (Fsp3) is 0.667. The SMILES string of the molecule is CC(NCC(C)(O)C(C)C)c1ccsc1. The maximum Gasteiger partial charge on any atom is 0.0766 e. The van der Waals surface area contributed by atoms with Crippen LogP contribution in [0.2, 0.25) is 0 Å². The minimum Gasteiger partial charge on any atom is -0.389 e. The number of hydrogen-bond acceptors (Lipinski definition) is 3. The van der Waals surface area contributed by atoms with Crippen molar-refractivity contribution in [1.29, 1.82) is 0 Å². The van der Waals surface area contributed by atoms with Crippen molar-refractivity contribution in [3.63, 3.8) is 0 Å². The van der Waals surface area contributed by atoms with E-state index in [2.05, 4.69) is 29.1 Å². The fourth-order valence-electron chi connectivity index (χ4n) is 1.20. The zero-order valence-electron chi connectivity index (χ0n) is 9.95. The van der Waals surface area contributed by atoms with E-state index in [9.17, 15) is 5.11 Å². The van der Waals surface area contributed by atoms with E-state index in [-0.39, 0.29) is 5.92 Å². The molecule has 86 valence electrons. The van der Waals surface area contributed by atoms with Crippen molar-refractivity contribution in [2.75, 3.05) is 6.54 Å². The second kappa shape index (κ2) is 5.10. The smallest absolute Gasteiger partial charge is 0.0766 e. The number of rotatable bonds is 5. The summed E-state index contributed by atoms with van der Waals surface area (Å²) in [5.41, 5.74) is 0.657. The molecular formula is C12H21NOS. The molecule has 0 saturated carbocycles. The average Bonchev–Trinajstić information content (AvgIpc) is 2.66. The van der Waals surface area contributed by atoms with E-state index in [0.717, 1.165) is 0 Å². The van der Waals surface area contributed by atoms with Crippen LogP contribution in [0.1, 0.15) is 39.3 Å². The van der Waals surface area contributed by atoms with E-state index >= 15 is 0 Å². The molecule has 0 bridgehead atoms. The van der Waals surface area contributed by atoms with Crippen LogP contribution in [0.4, 0.5) is 0 Å². The topological polar surface area (TPSA) is 32.3 Å². The third kappa shape index (κ3) is 3.59. The quantitative estimate of drug-likeness (QED) is 0.810. The van der Waals surface area contributed by atoms with Crippen molar-refractivity contribution >= 4 is 11.3 Å². The predicted octanol–water partition coefficient (Wildman–Crippen LogP) is 2.81. The predicted molar refractivity (Wildman–Crippen MR) is 66.2 cm³/mol. The second-order valence-electron chi connectivity index (χ2n) is 4.67. The molecule has 15 heavy (non-hydrogen) atoms. The highest BCUT2D eigenvalue weighted by molar-refractivity contribution is 7.07. The Hall–Kier alpha value is -0.380. The summed E-state index contributed by atoms with van der Waals surface area (Å²) in [6.45, 7) is 8.71. The summed E-state index contributed by atoms with van der Waals surface area (Å²) in [7, 11) is 0. The molecule has 2 N–H and O–H groups in total. The van der Waals surface area contributed by atoms with Crippen LogP contribution in [0.5, 0.6) is 0 Å². The van der Waals surface area contributed by atoms with Crippen LogP contribution in [-0.4, -0.2) is 17.3 Å². The Morgan fingerprint density at radius 2 is 2.13 bits per heavy atom. The maximum atomic E-state index is 10.1. The van der Waals surface area contributed by atoms with E-state index in [1.54, 1.807) is 11.3 Å². The Bertz CT molecular complexity index is 280. The van der Waals surface area contributed by atoms with Crippen molar-refractivity contribution in [1.82, 2.24) is 5.32 Å². The summed E-state index contributed by atoms with van der Waals surface area (Å²) < 4.78 is 0. The molecule has 0 amide bonds. The molecule has 1 rings (SSSR count). The van der Waals surface area contributed by atoms with Crippen molar-refractivity contribution in [2.45, 2.75) is 39.3 Å². The Morgan fingerprint density at radius 1 is 1.47 bits per heavy atom. The van der Waals surface area contributed by atoms with Crippen LogP contribution in [0, 0.1) is 5.92 Å². The number of aliphatic hydroxyl groups is 1. The van der Waals surface area contributed by atoms with Gasteiger partial charge < -0.3 is 10.4 Å². The van der Waals surface area contributed by atoms with Gasteiger partial charge in [-0.15, -0.1) is 0 Å². The monoisotopic (exact) mass is 227 g/mol. The number of hydrogen-bond donors (Lipinski definition) is 2. The fourth-order valence-corrected chi connectivity index (χ4v) is 1.96. The summed E-state index contributed by atoms with van der Waals surface area (Å²) in [5.74, 6) is 0.264. The molecule has 1 aromatic heterocycles. The van der Waals surface area contributed by atoms with Crippen LogP contribution in [0.25, 0.3) is 0 Å². The third-order valence-electron chi connectivity index (χ3n) is 3.05. The Kier molecular flexibility index (Phi) is 4.32. The molecule has 0 aliphatic heterocycles. The molecule has 0 aliphatic rings. The lowest BCUT2D eigenvalue weighted by Gasteiger charge is -2.29. The molecule has 3 heteroatoms. The van der Waals surface area contributed by atoms with Gasteiger partial charge in [-0.05, 0) is 42.2 Å². The Morgan fingerprint density at radius 3 is 2.60 bits per heavy atom. The van der Waals surface area contributed by atoms with Gasteiger partial charge in [0.05, 0.1) is 5.60 Å². The second-order valence-corrected chi connectivity index (χ2v) is 5.45. The molecule has 2 unspecified atom stereocenters. The van der Waals surface area contributed by atoms with Crippen LogP contribution < -0.4 is 5.32 Å². The van der Waals surface area contributed by atoms with Crippen LogP contribution in [0.3, 0.4) is 0 Å². The molecule has 0 aromatic carbocycles.